The van der Waals surface area contributed by atoms with Crippen molar-refractivity contribution in [1.82, 2.24) is 0 Å². The van der Waals surface area contributed by atoms with Crippen LogP contribution in [0.2, 0.25) is 0 Å². The molecule has 1 aromatic carbocycles. The van der Waals surface area contributed by atoms with Gasteiger partial charge in [0.1, 0.15) is 0 Å². The van der Waals surface area contributed by atoms with Crippen LogP contribution < -0.4 is 39.3 Å². The van der Waals surface area contributed by atoms with Crippen LogP contribution in [0, 0.1) is 0 Å². The van der Waals surface area contributed by atoms with Gasteiger partial charge in [0.15, 0.2) is 11.4 Å². The summed E-state index contributed by atoms with van der Waals surface area (Å²) in [5.74, 6) is -0.586. The molecule has 0 saturated heterocycles. The van der Waals surface area contributed by atoms with Crippen LogP contribution in [-0.2, 0) is 4.79 Å². The van der Waals surface area contributed by atoms with Crippen molar-refractivity contribution >= 4 is 13.7 Å². The van der Waals surface area contributed by atoms with Gasteiger partial charge in [-0.15, -0.1) is 0 Å². The molecule has 1 atom stereocenters. The molecular weight excluding hydrogens is 226 g/mol. The molecule has 1 N–H and O–H groups in total. The fourth-order valence-corrected chi connectivity index (χ4v) is 2.30. The summed E-state index contributed by atoms with van der Waals surface area (Å²) in [5, 5.41) is 0. The summed E-state index contributed by atoms with van der Waals surface area (Å²) < 4.78 is 0. The van der Waals surface area contributed by atoms with Crippen molar-refractivity contribution in [2.24, 2.45) is 0 Å². The van der Waals surface area contributed by atoms with E-state index in [-0.39, 0.29) is 29.6 Å². The Bertz CT molecular complexity index is 323. The second-order valence-corrected chi connectivity index (χ2v) is 4.63. The van der Waals surface area contributed by atoms with Crippen molar-refractivity contribution in [3.8, 4) is 0 Å². The van der Waals surface area contributed by atoms with Gasteiger partial charge in [0.2, 0.25) is 0 Å². The summed E-state index contributed by atoms with van der Waals surface area (Å²) in [6, 6.07) is 7.91. The molecule has 76 valence electrons. The Balaban J connectivity index is 0.00000196. The molecule has 0 bridgehead atoms. The van der Waals surface area contributed by atoms with Gasteiger partial charge in [-0.1, -0.05) is 30.3 Å². The summed E-state index contributed by atoms with van der Waals surface area (Å²) in [6.07, 6.45) is 0. The minimum absolute atomic E-state index is 0. The van der Waals surface area contributed by atoms with E-state index in [9.17, 15) is 14.6 Å². The molecule has 0 fully saturated rings. The van der Waals surface area contributed by atoms with Crippen LogP contribution in [0.3, 0.4) is 0 Å². The molecule has 0 amide bonds. The van der Waals surface area contributed by atoms with Crippen LogP contribution >= 0.6 is 7.94 Å². The van der Waals surface area contributed by atoms with Gasteiger partial charge in [-0.25, -0.2) is 0 Å². The Morgan fingerprint density at radius 2 is 1.80 bits per heavy atom. The second kappa shape index (κ2) is 6.06. The van der Waals surface area contributed by atoms with Crippen molar-refractivity contribution in [2.75, 3.05) is 0 Å². The molecule has 0 saturated carbocycles. The Labute approximate surface area is 111 Å². The zero-order valence-electron chi connectivity index (χ0n) is 8.58. The molecule has 0 aliphatic heterocycles. The fourth-order valence-electron chi connectivity index (χ4n) is 1.29. The largest absolute Gasteiger partial charge is 1.00 e. The molecule has 1 unspecified atom stereocenters. The monoisotopic (exact) mass is 236 g/mol. The van der Waals surface area contributed by atoms with Gasteiger partial charge in [-0.2, -0.15) is 0 Å². The molecule has 15 heavy (non-hydrogen) atoms. The predicted octanol–water partition coefficient (Wildman–Crippen LogP) is -3.20. The van der Waals surface area contributed by atoms with Gasteiger partial charge in [0.25, 0.3) is 0 Å². The average molecular weight is 236 g/mol. The number of carbonyl (C=O) groups excluding carboxylic acids is 1. The van der Waals surface area contributed by atoms with E-state index in [0.717, 1.165) is 6.92 Å². The van der Waals surface area contributed by atoms with Crippen molar-refractivity contribution in [1.29, 1.82) is 0 Å². The second-order valence-electron chi connectivity index (χ2n) is 2.99. The molecular formula is C9H10NaO4P. The Morgan fingerprint density at radius 1 is 1.33 bits per heavy atom. The van der Waals surface area contributed by atoms with Gasteiger partial charge in [0, 0.05) is 5.56 Å². The number of rotatable bonds is 3. The van der Waals surface area contributed by atoms with Gasteiger partial charge in [0.05, 0.1) is 7.94 Å². The first-order chi connectivity index (χ1) is 6.43. The summed E-state index contributed by atoms with van der Waals surface area (Å²) in [7, 11) is -4.65. The van der Waals surface area contributed by atoms with Crippen molar-refractivity contribution in [3.05, 3.63) is 35.9 Å². The maximum absolute atomic E-state index is 11.1. The fraction of sp³-hybridized carbons (Fsp3) is 0.222. The van der Waals surface area contributed by atoms with E-state index in [1.807, 2.05) is 0 Å². The number of Topliss-reactive ketones (excluding diaryl/α,β-unsaturated/α-hetero) is 1. The number of hydrogen-bond acceptors (Lipinski definition) is 4. The Hall–Kier alpha value is 0.200. The van der Waals surface area contributed by atoms with Crippen LogP contribution in [0.25, 0.3) is 0 Å². The number of benzene rings is 1. The van der Waals surface area contributed by atoms with E-state index in [2.05, 4.69) is 0 Å². The molecule has 1 rings (SSSR count). The van der Waals surface area contributed by atoms with Crippen LogP contribution in [-0.4, -0.2) is 10.7 Å². The van der Waals surface area contributed by atoms with E-state index in [1.165, 1.54) is 12.1 Å². The first kappa shape index (κ1) is 15.2. The van der Waals surface area contributed by atoms with Gasteiger partial charge >= 0.3 is 29.6 Å². The molecule has 6 heteroatoms. The van der Waals surface area contributed by atoms with Crippen LogP contribution in [0.15, 0.2) is 30.3 Å². The molecule has 0 aromatic heterocycles. The van der Waals surface area contributed by atoms with Crippen LogP contribution in [0.4, 0.5) is 0 Å². The number of hydrogen-bond donors (Lipinski definition) is 1. The van der Waals surface area contributed by atoms with E-state index >= 15 is 0 Å². The first-order valence-electron chi connectivity index (χ1n) is 4.02. The molecule has 1 aromatic rings. The average Bonchev–Trinajstić information content (AvgIpc) is 2.02. The molecule has 0 heterocycles. The summed E-state index contributed by atoms with van der Waals surface area (Å²) in [5.41, 5.74) is -1.15. The van der Waals surface area contributed by atoms with Gasteiger partial charge in [-0.05, 0) is 6.92 Å². The van der Waals surface area contributed by atoms with Crippen molar-refractivity contribution in [3.63, 3.8) is 0 Å². The van der Waals surface area contributed by atoms with E-state index < -0.39 is 19.4 Å². The predicted molar refractivity (Wildman–Crippen MR) is 49.0 cm³/mol. The Morgan fingerprint density at radius 3 is 2.13 bits per heavy atom. The molecule has 4 nitrogen and oxygen atoms in total. The first-order valence-corrected chi connectivity index (χ1v) is 5.66. The summed E-state index contributed by atoms with van der Waals surface area (Å²) in [4.78, 5) is 41.8. The van der Waals surface area contributed by atoms with Gasteiger partial charge in [-0.3, -0.25) is 9.69 Å². The quantitative estimate of drug-likeness (QED) is 0.442. The summed E-state index contributed by atoms with van der Waals surface area (Å²) >= 11 is 0. The minimum Gasteiger partial charge on any atom is -0.659 e. The minimum atomic E-state index is -4.65. The third-order valence-electron chi connectivity index (χ3n) is 1.83. The smallest absolute Gasteiger partial charge is 0.659 e. The van der Waals surface area contributed by atoms with Gasteiger partial charge < -0.3 is 9.79 Å². The normalized spacial score (nSPS) is 12.8. The maximum Gasteiger partial charge on any atom is 1.00 e. The van der Waals surface area contributed by atoms with Crippen LogP contribution in [0.5, 0.6) is 0 Å². The molecule has 0 aliphatic rings. The molecule has 0 aliphatic carbocycles. The maximum atomic E-state index is 11.1. The summed E-state index contributed by atoms with van der Waals surface area (Å²) in [6.45, 7) is 1.14. The third-order valence-corrected chi connectivity index (χ3v) is 3.14. The number of ketones is 1. The molecule has 0 radical (unpaired) electrons. The van der Waals surface area contributed by atoms with E-state index in [4.69, 9.17) is 4.89 Å². The third kappa shape index (κ3) is 4.29. The zero-order chi connectivity index (χ0) is 10.8. The van der Waals surface area contributed by atoms with Crippen molar-refractivity contribution in [2.45, 2.75) is 12.6 Å². The van der Waals surface area contributed by atoms with Crippen LogP contribution in [0.1, 0.15) is 18.1 Å². The van der Waals surface area contributed by atoms with Crippen molar-refractivity contribution < 1.29 is 49.0 Å². The number of carbonyl (C=O) groups is 1. The van der Waals surface area contributed by atoms with E-state index in [1.54, 1.807) is 18.2 Å². The SMILES string of the molecule is CC(=O)C(c1ccccc1)[P+]([O-])([O-])O.[Na+]. The topological polar surface area (TPSA) is 83.4 Å². The van der Waals surface area contributed by atoms with E-state index in [0.29, 0.717) is 5.56 Å². The molecule has 0 spiro atoms. The Kier molecular flexibility index (Phi) is 6.14. The standard InChI is InChI=1S/C9H11O4P.Na/c1-7(10)9(14(11,12)13)8-5-3-2-4-6-8;/h2-6,9H,1H3,(H2,11,12,13);/q;+1/p-1. The zero-order valence-corrected chi connectivity index (χ0v) is 11.5.